The molecule has 0 N–H and O–H groups in total. The van der Waals surface area contributed by atoms with Crippen molar-refractivity contribution < 1.29 is 19.2 Å². The Morgan fingerprint density at radius 2 is 1.93 bits per heavy atom. The zero-order chi connectivity index (χ0) is 19.4. The number of hydrogen-bond acceptors (Lipinski definition) is 6. The predicted molar refractivity (Wildman–Crippen MR) is 97.0 cm³/mol. The first-order valence-corrected chi connectivity index (χ1v) is 8.14. The van der Waals surface area contributed by atoms with E-state index in [2.05, 4.69) is 5.10 Å². The third kappa shape index (κ3) is 3.95. The molecule has 0 saturated heterocycles. The predicted octanol–water partition coefficient (Wildman–Crippen LogP) is 3.71. The van der Waals surface area contributed by atoms with Gasteiger partial charge < -0.3 is 9.47 Å². The van der Waals surface area contributed by atoms with Gasteiger partial charge >= 0.3 is 5.97 Å². The number of para-hydroxylation sites is 1. The maximum Gasteiger partial charge on any atom is 0.363 e. The molecule has 0 bridgehead atoms. The third-order valence-corrected chi connectivity index (χ3v) is 3.95. The maximum atomic E-state index is 12.6. The number of benzene rings is 2. The van der Waals surface area contributed by atoms with E-state index in [9.17, 15) is 14.9 Å². The van der Waals surface area contributed by atoms with Gasteiger partial charge in [-0.2, -0.15) is 5.10 Å². The first-order valence-electron chi connectivity index (χ1n) is 8.14. The normalized spacial score (nSPS) is 11.6. The highest BCUT2D eigenvalue weighted by Gasteiger charge is 2.23. The topological polar surface area (TPSA) is 96.5 Å². The largest absolute Gasteiger partial charge is 0.493 e. The summed E-state index contributed by atoms with van der Waals surface area (Å²) in [5.41, 5.74) is 1.24. The molecule has 2 aromatic carbocycles. The van der Waals surface area contributed by atoms with Crippen LogP contribution in [0.3, 0.4) is 0 Å². The molecule has 0 fully saturated rings. The number of ether oxygens (including phenoxy) is 2. The van der Waals surface area contributed by atoms with Crippen molar-refractivity contribution in [2.75, 3.05) is 7.11 Å². The molecular weight excluding hydrogens is 350 g/mol. The number of esters is 1. The van der Waals surface area contributed by atoms with E-state index in [4.69, 9.17) is 9.47 Å². The first kappa shape index (κ1) is 18.1. The quantitative estimate of drug-likeness (QED) is 0.374. The molecule has 1 atom stereocenters. The van der Waals surface area contributed by atoms with Gasteiger partial charge in [-0.1, -0.05) is 30.3 Å². The summed E-state index contributed by atoms with van der Waals surface area (Å²) in [6.07, 6.45) is 0.896. The van der Waals surface area contributed by atoms with Crippen LogP contribution in [0.1, 0.15) is 29.1 Å². The van der Waals surface area contributed by atoms with Crippen molar-refractivity contribution in [1.29, 1.82) is 0 Å². The number of nitrogens with zero attached hydrogens (tertiary/aromatic N) is 3. The monoisotopic (exact) mass is 367 g/mol. The lowest BCUT2D eigenvalue weighted by Gasteiger charge is -2.13. The van der Waals surface area contributed by atoms with Gasteiger partial charge in [0.2, 0.25) is 5.69 Å². The van der Waals surface area contributed by atoms with E-state index >= 15 is 0 Å². The second-order valence-electron chi connectivity index (χ2n) is 5.73. The molecule has 1 aromatic heterocycles. The van der Waals surface area contributed by atoms with Gasteiger partial charge in [-0.25, -0.2) is 9.48 Å². The summed E-state index contributed by atoms with van der Waals surface area (Å²) in [5.74, 6) is -0.407. The highest BCUT2D eigenvalue weighted by atomic mass is 16.6. The molecular formula is C19H17N3O5. The fourth-order valence-electron chi connectivity index (χ4n) is 2.54. The number of carbonyl (C=O) groups excluding carboxylic acids is 1. The van der Waals surface area contributed by atoms with Gasteiger partial charge in [-0.15, -0.1) is 0 Å². The van der Waals surface area contributed by atoms with Gasteiger partial charge in [0.05, 0.1) is 23.9 Å². The lowest BCUT2D eigenvalue weighted by molar-refractivity contribution is -0.385. The molecule has 3 rings (SSSR count). The Hall–Kier alpha value is -3.68. The summed E-state index contributed by atoms with van der Waals surface area (Å²) < 4.78 is 12.2. The molecule has 27 heavy (non-hydrogen) atoms. The Morgan fingerprint density at radius 1 is 1.19 bits per heavy atom. The third-order valence-electron chi connectivity index (χ3n) is 3.95. The minimum absolute atomic E-state index is 0.0265. The van der Waals surface area contributed by atoms with Gasteiger partial charge in [0, 0.05) is 12.1 Å². The highest BCUT2D eigenvalue weighted by Crippen LogP contribution is 2.25. The van der Waals surface area contributed by atoms with Gasteiger partial charge in [0.15, 0.2) is 5.75 Å². The maximum absolute atomic E-state index is 12.6. The summed E-state index contributed by atoms with van der Waals surface area (Å²) in [4.78, 5) is 23.0. The molecule has 0 saturated carbocycles. The fraction of sp³-hybridized carbons (Fsp3) is 0.158. The molecule has 0 amide bonds. The van der Waals surface area contributed by atoms with Crippen LogP contribution in [0.4, 0.5) is 5.69 Å². The minimum Gasteiger partial charge on any atom is -0.493 e. The fourth-order valence-corrected chi connectivity index (χ4v) is 2.54. The lowest BCUT2D eigenvalue weighted by Crippen LogP contribution is -2.11. The molecule has 8 heteroatoms. The van der Waals surface area contributed by atoms with Gasteiger partial charge in [0.1, 0.15) is 6.10 Å². The minimum atomic E-state index is -0.691. The van der Waals surface area contributed by atoms with Crippen LogP contribution in [0.5, 0.6) is 5.75 Å². The molecule has 138 valence electrons. The molecule has 0 aliphatic carbocycles. The van der Waals surface area contributed by atoms with Gasteiger partial charge in [0.25, 0.3) is 5.69 Å². The summed E-state index contributed by atoms with van der Waals surface area (Å²) >= 11 is 0. The average molecular weight is 367 g/mol. The van der Waals surface area contributed by atoms with Crippen LogP contribution in [0.25, 0.3) is 5.69 Å². The second-order valence-corrected chi connectivity index (χ2v) is 5.73. The SMILES string of the molecule is COc1cn(-c2ccccc2)nc1C(=O)O[C@@H](C)c1cccc([N+](=O)[O-])c1. The number of hydrogen-bond donors (Lipinski definition) is 0. The van der Waals surface area contributed by atoms with Crippen molar-refractivity contribution in [3.05, 3.63) is 82.2 Å². The van der Waals surface area contributed by atoms with Crippen LogP contribution in [0.2, 0.25) is 0 Å². The zero-order valence-corrected chi connectivity index (χ0v) is 14.7. The van der Waals surface area contributed by atoms with E-state index in [0.717, 1.165) is 5.69 Å². The number of methoxy groups -OCH3 is 1. The van der Waals surface area contributed by atoms with E-state index in [1.807, 2.05) is 30.3 Å². The Bertz CT molecular complexity index is 968. The van der Waals surface area contributed by atoms with E-state index in [1.165, 1.54) is 23.9 Å². The summed E-state index contributed by atoms with van der Waals surface area (Å²) in [6, 6.07) is 15.2. The van der Waals surface area contributed by atoms with Crippen molar-refractivity contribution in [3.8, 4) is 11.4 Å². The summed E-state index contributed by atoms with van der Waals surface area (Å²) in [6.45, 7) is 1.64. The number of non-ortho nitro benzene ring substituents is 1. The Kier molecular flexibility index (Phi) is 5.16. The summed E-state index contributed by atoms with van der Waals surface area (Å²) in [7, 11) is 1.44. The standard InChI is InChI=1S/C19H17N3O5/c1-13(14-7-6-10-16(11-14)22(24)25)27-19(23)18-17(26-2)12-21(20-18)15-8-4-3-5-9-15/h3-13H,1-2H3/t13-/m0/s1. The highest BCUT2D eigenvalue weighted by molar-refractivity contribution is 5.90. The number of aromatic nitrogens is 2. The van der Waals surface area contributed by atoms with Gasteiger partial charge in [-0.3, -0.25) is 10.1 Å². The van der Waals surface area contributed by atoms with Crippen molar-refractivity contribution in [3.63, 3.8) is 0 Å². The number of nitro benzene ring substituents is 1. The number of nitro groups is 1. The van der Waals surface area contributed by atoms with Crippen LogP contribution in [-0.2, 0) is 4.74 Å². The van der Waals surface area contributed by atoms with Crippen molar-refractivity contribution in [2.45, 2.75) is 13.0 Å². The molecule has 0 aliphatic rings. The van der Waals surface area contributed by atoms with Crippen LogP contribution >= 0.6 is 0 Å². The molecule has 0 spiro atoms. The first-order chi connectivity index (χ1) is 13.0. The molecule has 0 radical (unpaired) electrons. The Labute approximate surface area is 155 Å². The van der Waals surface area contributed by atoms with Crippen LogP contribution in [0, 0.1) is 10.1 Å². The molecule has 1 heterocycles. The van der Waals surface area contributed by atoms with Crippen molar-refractivity contribution >= 4 is 11.7 Å². The molecule has 0 unspecified atom stereocenters. The second kappa shape index (κ2) is 7.69. The Balaban J connectivity index is 1.82. The van der Waals surface area contributed by atoms with Crippen LogP contribution < -0.4 is 4.74 Å². The van der Waals surface area contributed by atoms with E-state index < -0.39 is 17.0 Å². The number of rotatable bonds is 6. The zero-order valence-electron chi connectivity index (χ0n) is 14.7. The van der Waals surface area contributed by atoms with Crippen LogP contribution in [0.15, 0.2) is 60.8 Å². The smallest absolute Gasteiger partial charge is 0.363 e. The van der Waals surface area contributed by atoms with Crippen molar-refractivity contribution in [2.24, 2.45) is 0 Å². The average Bonchev–Trinajstić information content (AvgIpc) is 3.13. The lowest BCUT2D eigenvalue weighted by atomic mass is 10.1. The van der Waals surface area contributed by atoms with E-state index in [0.29, 0.717) is 5.56 Å². The molecule has 0 aliphatic heterocycles. The Morgan fingerprint density at radius 3 is 2.59 bits per heavy atom. The van der Waals surface area contributed by atoms with Crippen molar-refractivity contribution in [1.82, 2.24) is 9.78 Å². The van der Waals surface area contributed by atoms with E-state index in [1.54, 1.807) is 25.3 Å². The number of carbonyl (C=O) groups is 1. The molecule has 8 nitrogen and oxygen atoms in total. The summed E-state index contributed by atoms with van der Waals surface area (Å²) in [5, 5.41) is 15.2. The molecule has 3 aromatic rings. The van der Waals surface area contributed by atoms with Gasteiger partial charge in [-0.05, 0) is 24.6 Å². The van der Waals surface area contributed by atoms with Crippen LogP contribution in [-0.4, -0.2) is 27.8 Å². The van der Waals surface area contributed by atoms with E-state index in [-0.39, 0.29) is 17.1 Å².